The zero-order valence-corrected chi connectivity index (χ0v) is 12.0. The second-order valence-electron chi connectivity index (χ2n) is 3.59. The number of aromatic amines is 1. The van der Waals surface area contributed by atoms with Gasteiger partial charge >= 0.3 is 0 Å². The third-order valence-electron chi connectivity index (χ3n) is 2.54. The molecule has 0 unspecified atom stereocenters. The molecular formula is C12H11IN2OS. The van der Waals surface area contributed by atoms with E-state index in [-0.39, 0.29) is 30.6 Å². The molecule has 2 aromatic heterocycles. The van der Waals surface area contributed by atoms with E-state index >= 15 is 0 Å². The smallest absolute Gasteiger partial charge is 0.133 e. The molecule has 0 aliphatic rings. The molecule has 0 spiro atoms. The Labute approximate surface area is 120 Å². The monoisotopic (exact) mass is 358 g/mol. The maximum Gasteiger partial charge on any atom is 0.133 e. The van der Waals surface area contributed by atoms with Gasteiger partial charge in [0, 0.05) is 0 Å². The van der Waals surface area contributed by atoms with Crippen molar-refractivity contribution in [2.75, 3.05) is 0 Å². The predicted octanol–water partition coefficient (Wildman–Crippen LogP) is 3.40. The molecule has 0 saturated carbocycles. The molecule has 1 aromatic carbocycles. The van der Waals surface area contributed by atoms with Crippen LogP contribution < -0.4 is 0 Å². The van der Waals surface area contributed by atoms with Crippen molar-refractivity contribution in [2.24, 2.45) is 0 Å². The lowest BCUT2D eigenvalue weighted by Gasteiger charge is -1.96. The van der Waals surface area contributed by atoms with E-state index in [1.54, 1.807) is 11.3 Å². The molecule has 3 aromatic rings. The van der Waals surface area contributed by atoms with Gasteiger partial charge in [0.25, 0.3) is 0 Å². The molecule has 17 heavy (non-hydrogen) atoms. The Balaban J connectivity index is 0.00000108. The fourth-order valence-electron chi connectivity index (χ4n) is 1.75. The van der Waals surface area contributed by atoms with Crippen LogP contribution in [0.4, 0.5) is 0 Å². The first-order valence-corrected chi connectivity index (χ1v) is 5.93. The third kappa shape index (κ3) is 2.36. The molecule has 3 rings (SSSR count). The van der Waals surface area contributed by atoms with Gasteiger partial charge in [0.15, 0.2) is 0 Å². The predicted molar refractivity (Wildman–Crippen MR) is 80.7 cm³/mol. The number of thiophene rings is 1. The van der Waals surface area contributed by atoms with Gasteiger partial charge in [-0.3, -0.25) is 0 Å². The SMILES string of the molecule is I.OCc1nc2ccc(-c3ccsc3)cc2[nH]1. The van der Waals surface area contributed by atoms with Crippen molar-refractivity contribution >= 4 is 46.3 Å². The molecule has 2 N–H and O–H groups in total. The van der Waals surface area contributed by atoms with E-state index in [1.165, 1.54) is 11.1 Å². The average molecular weight is 358 g/mol. The summed E-state index contributed by atoms with van der Waals surface area (Å²) in [6, 6.07) is 8.17. The van der Waals surface area contributed by atoms with E-state index in [0.717, 1.165) is 11.0 Å². The van der Waals surface area contributed by atoms with Gasteiger partial charge < -0.3 is 10.1 Å². The number of aliphatic hydroxyl groups excluding tert-OH is 1. The third-order valence-corrected chi connectivity index (χ3v) is 3.22. The van der Waals surface area contributed by atoms with Gasteiger partial charge in [-0.05, 0) is 40.1 Å². The highest BCUT2D eigenvalue weighted by molar-refractivity contribution is 14.0. The van der Waals surface area contributed by atoms with Crippen molar-refractivity contribution in [2.45, 2.75) is 6.61 Å². The quantitative estimate of drug-likeness (QED) is 0.690. The number of hydrogen-bond acceptors (Lipinski definition) is 3. The van der Waals surface area contributed by atoms with Crippen LogP contribution in [0.3, 0.4) is 0 Å². The summed E-state index contributed by atoms with van der Waals surface area (Å²) in [6.45, 7) is -0.0531. The van der Waals surface area contributed by atoms with Gasteiger partial charge in [-0.15, -0.1) is 24.0 Å². The Kier molecular flexibility index (Phi) is 3.80. The molecule has 0 aliphatic heterocycles. The summed E-state index contributed by atoms with van der Waals surface area (Å²) in [5, 5.41) is 13.2. The maximum absolute atomic E-state index is 9.00. The Morgan fingerprint density at radius 2 is 2.12 bits per heavy atom. The van der Waals surface area contributed by atoms with Crippen LogP contribution in [0.15, 0.2) is 35.0 Å². The van der Waals surface area contributed by atoms with Crippen LogP contribution in [-0.2, 0) is 6.61 Å². The largest absolute Gasteiger partial charge is 0.388 e. The number of aliphatic hydroxyl groups is 1. The van der Waals surface area contributed by atoms with E-state index in [0.29, 0.717) is 5.82 Å². The van der Waals surface area contributed by atoms with Crippen molar-refractivity contribution < 1.29 is 5.11 Å². The number of nitrogens with one attached hydrogen (secondary N) is 1. The van der Waals surface area contributed by atoms with Crippen molar-refractivity contribution in [1.82, 2.24) is 9.97 Å². The van der Waals surface area contributed by atoms with Crippen LogP contribution in [0.5, 0.6) is 0 Å². The number of aromatic nitrogens is 2. The molecule has 0 amide bonds. The van der Waals surface area contributed by atoms with Crippen molar-refractivity contribution in [3.8, 4) is 11.1 Å². The summed E-state index contributed by atoms with van der Waals surface area (Å²) >= 11 is 1.68. The van der Waals surface area contributed by atoms with E-state index in [9.17, 15) is 0 Å². The number of fused-ring (bicyclic) bond motifs is 1. The molecule has 3 nitrogen and oxygen atoms in total. The average Bonchev–Trinajstić information content (AvgIpc) is 2.96. The molecule has 0 radical (unpaired) electrons. The van der Waals surface area contributed by atoms with Crippen molar-refractivity contribution in [3.05, 3.63) is 40.8 Å². The number of imidazole rings is 1. The molecule has 88 valence electrons. The van der Waals surface area contributed by atoms with Gasteiger partial charge in [-0.25, -0.2) is 4.98 Å². The number of rotatable bonds is 2. The molecular weight excluding hydrogens is 347 g/mol. The lowest BCUT2D eigenvalue weighted by molar-refractivity contribution is 0.273. The van der Waals surface area contributed by atoms with Crippen LogP contribution >= 0.6 is 35.3 Å². The summed E-state index contributed by atoms with van der Waals surface area (Å²) in [7, 11) is 0. The van der Waals surface area contributed by atoms with Crippen molar-refractivity contribution in [3.63, 3.8) is 0 Å². The second-order valence-corrected chi connectivity index (χ2v) is 4.37. The summed E-state index contributed by atoms with van der Waals surface area (Å²) in [5.41, 5.74) is 4.24. The number of hydrogen-bond donors (Lipinski definition) is 2. The number of H-pyrrole nitrogens is 1. The highest BCUT2D eigenvalue weighted by Crippen LogP contribution is 2.25. The number of nitrogens with zero attached hydrogens (tertiary/aromatic N) is 1. The fraction of sp³-hybridized carbons (Fsp3) is 0.0833. The molecule has 0 aliphatic carbocycles. The van der Waals surface area contributed by atoms with Gasteiger partial charge in [0.05, 0.1) is 11.0 Å². The molecule has 2 heterocycles. The molecule has 0 saturated heterocycles. The normalized spacial score (nSPS) is 10.4. The van der Waals surface area contributed by atoms with Gasteiger partial charge in [-0.2, -0.15) is 11.3 Å². The summed E-state index contributed by atoms with van der Waals surface area (Å²) in [6.07, 6.45) is 0. The highest BCUT2D eigenvalue weighted by Gasteiger charge is 2.04. The molecule has 5 heteroatoms. The van der Waals surface area contributed by atoms with E-state index < -0.39 is 0 Å². The van der Waals surface area contributed by atoms with Crippen LogP contribution in [0.1, 0.15) is 5.82 Å². The lowest BCUT2D eigenvalue weighted by atomic mass is 10.1. The number of benzene rings is 1. The van der Waals surface area contributed by atoms with Crippen LogP contribution in [0.25, 0.3) is 22.2 Å². The lowest BCUT2D eigenvalue weighted by Crippen LogP contribution is -1.83. The minimum atomic E-state index is -0.0531. The van der Waals surface area contributed by atoms with E-state index in [4.69, 9.17) is 5.11 Å². The van der Waals surface area contributed by atoms with Gasteiger partial charge in [0.2, 0.25) is 0 Å². The van der Waals surface area contributed by atoms with Gasteiger partial charge in [0.1, 0.15) is 12.4 Å². The van der Waals surface area contributed by atoms with Crippen molar-refractivity contribution in [1.29, 1.82) is 0 Å². The van der Waals surface area contributed by atoms with E-state index in [1.807, 2.05) is 12.1 Å². The summed E-state index contributed by atoms with van der Waals surface area (Å²) < 4.78 is 0. The number of halogens is 1. The highest BCUT2D eigenvalue weighted by atomic mass is 127. The Bertz CT molecular complexity index is 619. The van der Waals surface area contributed by atoms with Gasteiger partial charge in [-0.1, -0.05) is 6.07 Å². The first-order valence-electron chi connectivity index (χ1n) is 4.99. The van der Waals surface area contributed by atoms with Crippen LogP contribution in [-0.4, -0.2) is 15.1 Å². The topological polar surface area (TPSA) is 48.9 Å². The van der Waals surface area contributed by atoms with Crippen LogP contribution in [0, 0.1) is 0 Å². The Morgan fingerprint density at radius 1 is 1.24 bits per heavy atom. The fourth-order valence-corrected chi connectivity index (χ4v) is 2.41. The first kappa shape index (κ1) is 12.5. The Morgan fingerprint density at radius 3 is 2.82 bits per heavy atom. The summed E-state index contributed by atoms with van der Waals surface area (Å²) in [5.74, 6) is 0.609. The Hall–Kier alpha value is -0.920. The minimum absolute atomic E-state index is 0. The zero-order chi connectivity index (χ0) is 11.0. The molecule has 0 fully saturated rings. The maximum atomic E-state index is 9.00. The second kappa shape index (κ2) is 5.16. The minimum Gasteiger partial charge on any atom is -0.388 e. The van der Waals surface area contributed by atoms with Crippen LogP contribution in [0.2, 0.25) is 0 Å². The summed E-state index contributed by atoms with van der Waals surface area (Å²) in [4.78, 5) is 7.34. The zero-order valence-electron chi connectivity index (χ0n) is 8.88. The standard InChI is InChI=1S/C12H10N2OS.HI/c15-6-12-13-10-2-1-8(5-11(10)14-12)9-3-4-16-7-9;/h1-5,7,15H,6H2,(H,13,14);1H. The first-order chi connectivity index (χ1) is 7.86. The molecule has 0 bridgehead atoms. The molecule has 0 atom stereocenters. The van der Waals surface area contributed by atoms with E-state index in [2.05, 4.69) is 32.9 Å².